The number of benzene rings is 2. The number of rotatable bonds is 2. The summed E-state index contributed by atoms with van der Waals surface area (Å²) < 4.78 is 2.07. The first-order valence-corrected chi connectivity index (χ1v) is 6.95. The Kier molecular flexibility index (Phi) is 3.40. The maximum Gasteiger partial charge on any atom is 0.343 e. The van der Waals surface area contributed by atoms with E-state index in [0.717, 1.165) is 22.8 Å². The van der Waals surface area contributed by atoms with Gasteiger partial charge in [0.2, 0.25) is 0 Å². The molecule has 1 aromatic heterocycles. The fourth-order valence-corrected chi connectivity index (χ4v) is 2.72. The summed E-state index contributed by atoms with van der Waals surface area (Å²) in [7, 11) is 0. The van der Waals surface area contributed by atoms with Crippen molar-refractivity contribution in [2.75, 3.05) is 0 Å². The first-order valence-electron chi connectivity index (χ1n) is 6.95. The highest BCUT2D eigenvalue weighted by molar-refractivity contribution is 5.63. The highest BCUT2D eigenvalue weighted by Crippen LogP contribution is 2.17. The van der Waals surface area contributed by atoms with E-state index < -0.39 is 0 Å². The number of aromatic nitrogens is 2. The van der Waals surface area contributed by atoms with Crippen LogP contribution in [0.3, 0.4) is 0 Å². The summed E-state index contributed by atoms with van der Waals surface area (Å²) in [6.45, 7) is 3.90. The highest BCUT2D eigenvalue weighted by Gasteiger charge is 2.20. The van der Waals surface area contributed by atoms with E-state index in [2.05, 4.69) is 9.55 Å². The van der Waals surface area contributed by atoms with Crippen molar-refractivity contribution in [1.82, 2.24) is 4.98 Å². The average Bonchev–Trinajstić information content (AvgIpc) is 2.49. The summed E-state index contributed by atoms with van der Waals surface area (Å²) in [6.07, 6.45) is 0. The van der Waals surface area contributed by atoms with Gasteiger partial charge in [-0.3, -0.25) is 0 Å². The third-order valence-electron chi connectivity index (χ3n) is 3.63. The number of nitrogens with one attached hydrogen (secondary N) is 1. The zero-order valence-electron chi connectivity index (χ0n) is 12.1. The monoisotopic (exact) mass is 277 g/mol. The second kappa shape index (κ2) is 5.37. The molecule has 0 unspecified atom stereocenters. The molecule has 1 heterocycles. The number of aromatic amines is 1. The van der Waals surface area contributed by atoms with Gasteiger partial charge in [0.05, 0.1) is 0 Å². The average molecular weight is 277 g/mol. The molecule has 0 spiro atoms. The van der Waals surface area contributed by atoms with Crippen molar-refractivity contribution in [3.05, 3.63) is 82.5 Å². The van der Waals surface area contributed by atoms with Crippen LogP contribution in [0.5, 0.6) is 0 Å². The molecule has 0 aliphatic heterocycles. The lowest BCUT2D eigenvalue weighted by Crippen LogP contribution is -2.42. The molecule has 0 radical (unpaired) electrons. The van der Waals surface area contributed by atoms with E-state index in [0.29, 0.717) is 5.56 Å². The van der Waals surface area contributed by atoms with Gasteiger partial charge in [0.1, 0.15) is 16.9 Å². The molecule has 0 aliphatic rings. The van der Waals surface area contributed by atoms with Crippen molar-refractivity contribution in [2.24, 2.45) is 0 Å². The van der Waals surface area contributed by atoms with Gasteiger partial charge in [0.15, 0.2) is 0 Å². The maximum atomic E-state index is 12.4. The van der Waals surface area contributed by atoms with Crippen LogP contribution in [0.25, 0.3) is 16.8 Å². The zero-order valence-corrected chi connectivity index (χ0v) is 12.1. The van der Waals surface area contributed by atoms with Crippen LogP contribution in [-0.4, -0.2) is 4.98 Å². The van der Waals surface area contributed by atoms with Crippen LogP contribution in [-0.2, 0) is 0 Å². The Balaban J connectivity index is 2.31. The fraction of sp³-hybridized carbons (Fsp3) is 0.111. The van der Waals surface area contributed by atoms with E-state index in [9.17, 15) is 4.79 Å². The Hall–Kier alpha value is -2.68. The second-order valence-electron chi connectivity index (χ2n) is 5.04. The standard InChI is InChI=1S/C18H16N2O/c1-13-17(15-9-5-3-6-10-15)18(21)19-14(2)20(13)16-11-7-4-8-12-16/h3-12H,1-2H3/p+1. The molecule has 0 amide bonds. The summed E-state index contributed by atoms with van der Waals surface area (Å²) in [5, 5.41) is 0. The molecule has 21 heavy (non-hydrogen) atoms. The van der Waals surface area contributed by atoms with E-state index in [1.165, 1.54) is 0 Å². The number of hydrogen-bond acceptors (Lipinski definition) is 1. The van der Waals surface area contributed by atoms with Crippen molar-refractivity contribution in [3.8, 4) is 16.8 Å². The van der Waals surface area contributed by atoms with Gasteiger partial charge in [-0.1, -0.05) is 48.5 Å². The van der Waals surface area contributed by atoms with Gasteiger partial charge in [-0.15, -0.1) is 0 Å². The summed E-state index contributed by atoms with van der Waals surface area (Å²) in [5.74, 6) is 0.823. The summed E-state index contributed by atoms with van der Waals surface area (Å²) in [5.41, 5.74) is 3.57. The molecule has 0 saturated heterocycles. The van der Waals surface area contributed by atoms with Crippen molar-refractivity contribution >= 4 is 0 Å². The van der Waals surface area contributed by atoms with E-state index in [1.807, 2.05) is 74.5 Å². The van der Waals surface area contributed by atoms with Gasteiger partial charge < -0.3 is 0 Å². The van der Waals surface area contributed by atoms with Crippen LogP contribution in [0, 0.1) is 13.8 Å². The van der Waals surface area contributed by atoms with E-state index in [-0.39, 0.29) is 5.56 Å². The van der Waals surface area contributed by atoms with Crippen molar-refractivity contribution < 1.29 is 4.57 Å². The molecule has 3 heteroatoms. The predicted molar refractivity (Wildman–Crippen MR) is 83.5 cm³/mol. The summed E-state index contributed by atoms with van der Waals surface area (Å²) in [4.78, 5) is 15.3. The first-order chi connectivity index (χ1) is 10.2. The molecule has 1 N–H and O–H groups in total. The fourth-order valence-electron chi connectivity index (χ4n) is 2.72. The zero-order chi connectivity index (χ0) is 14.8. The lowest BCUT2D eigenvalue weighted by atomic mass is 10.1. The Morgan fingerprint density at radius 3 is 2.05 bits per heavy atom. The summed E-state index contributed by atoms with van der Waals surface area (Å²) >= 11 is 0. The normalized spacial score (nSPS) is 10.6. The summed E-state index contributed by atoms with van der Waals surface area (Å²) in [6, 6.07) is 19.8. The maximum absolute atomic E-state index is 12.4. The molecule has 104 valence electrons. The topological polar surface area (TPSA) is 36.7 Å². The Bertz CT molecular complexity index is 821. The van der Waals surface area contributed by atoms with E-state index >= 15 is 0 Å². The lowest BCUT2D eigenvalue weighted by molar-refractivity contribution is -0.612. The van der Waals surface area contributed by atoms with Gasteiger partial charge in [-0.25, -0.2) is 14.3 Å². The van der Waals surface area contributed by atoms with Crippen LogP contribution in [0.2, 0.25) is 0 Å². The molecule has 0 aliphatic carbocycles. The van der Waals surface area contributed by atoms with Gasteiger partial charge in [0.25, 0.3) is 5.82 Å². The predicted octanol–water partition coefficient (Wildman–Crippen LogP) is 2.94. The molecule has 0 fully saturated rings. The van der Waals surface area contributed by atoms with Crippen molar-refractivity contribution in [3.63, 3.8) is 0 Å². The molecular weight excluding hydrogens is 260 g/mol. The van der Waals surface area contributed by atoms with Gasteiger partial charge >= 0.3 is 5.56 Å². The molecule has 2 aromatic carbocycles. The van der Waals surface area contributed by atoms with Gasteiger partial charge in [-0.05, 0) is 24.6 Å². The molecule has 0 atom stereocenters. The minimum absolute atomic E-state index is 0.0524. The number of aryl methyl sites for hydroxylation is 1. The number of nitrogens with zero attached hydrogens (tertiary/aromatic N) is 1. The van der Waals surface area contributed by atoms with E-state index in [1.54, 1.807) is 0 Å². The Morgan fingerprint density at radius 2 is 1.43 bits per heavy atom. The van der Waals surface area contributed by atoms with Crippen LogP contribution < -0.4 is 10.1 Å². The minimum atomic E-state index is -0.0524. The first kappa shape index (κ1) is 13.3. The van der Waals surface area contributed by atoms with Crippen molar-refractivity contribution in [1.29, 1.82) is 0 Å². The number of para-hydroxylation sites is 1. The molecular formula is C18H17N2O+. The van der Waals surface area contributed by atoms with Crippen LogP contribution in [0.15, 0.2) is 65.5 Å². The van der Waals surface area contributed by atoms with Crippen molar-refractivity contribution in [2.45, 2.75) is 13.8 Å². The van der Waals surface area contributed by atoms with E-state index in [4.69, 9.17) is 0 Å². The third kappa shape index (κ3) is 2.38. The van der Waals surface area contributed by atoms with Crippen LogP contribution in [0.1, 0.15) is 11.5 Å². The van der Waals surface area contributed by atoms with Gasteiger partial charge in [-0.2, -0.15) is 0 Å². The largest absolute Gasteiger partial charge is 0.343 e. The highest BCUT2D eigenvalue weighted by atomic mass is 16.1. The molecule has 0 saturated carbocycles. The smallest absolute Gasteiger partial charge is 0.241 e. The quantitative estimate of drug-likeness (QED) is 0.718. The second-order valence-corrected chi connectivity index (χ2v) is 5.04. The molecule has 3 nitrogen and oxygen atoms in total. The van der Waals surface area contributed by atoms with Crippen LogP contribution >= 0.6 is 0 Å². The molecule has 3 aromatic rings. The third-order valence-corrected chi connectivity index (χ3v) is 3.63. The lowest BCUT2D eigenvalue weighted by Gasteiger charge is -2.10. The minimum Gasteiger partial charge on any atom is -0.241 e. The van der Waals surface area contributed by atoms with Gasteiger partial charge in [0, 0.05) is 6.92 Å². The SMILES string of the molecule is Cc1[nH]c(=O)c(-c2ccccc2)c(C)[n+]1-c1ccccc1. The Labute approximate surface area is 123 Å². The Morgan fingerprint density at radius 1 is 0.857 bits per heavy atom. The molecule has 3 rings (SSSR count). The molecule has 0 bridgehead atoms. The number of H-pyrrole nitrogens is 1. The number of hydrogen-bond donors (Lipinski definition) is 1. The van der Waals surface area contributed by atoms with Crippen LogP contribution in [0.4, 0.5) is 0 Å².